The summed E-state index contributed by atoms with van der Waals surface area (Å²) in [6.07, 6.45) is 3.61. The molecule has 0 radical (unpaired) electrons. The van der Waals surface area contributed by atoms with Gasteiger partial charge in [0.1, 0.15) is 0 Å². The van der Waals surface area contributed by atoms with Crippen LogP contribution < -0.4 is 4.72 Å². The maximum Gasteiger partial charge on any atom is 0.214 e. The first-order valence-electron chi connectivity index (χ1n) is 6.19. The Morgan fingerprint density at radius 2 is 2.00 bits per heavy atom. The number of para-hydroxylation sites is 1. The van der Waals surface area contributed by atoms with E-state index in [1.165, 1.54) is 5.39 Å². The predicted octanol–water partition coefficient (Wildman–Crippen LogP) is 1.72. The van der Waals surface area contributed by atoms with Crippen molar-refractivity contribution in [2.75, 3.05) is 6.54 Å². The lowest BCUT2D eigenvalue weighted by Crippen LogP contribution is -2.30. The molecule has 1 aliphatic rings. The van der Waals surface area contributed by atoms with Gasteiger partial charge in [-0.25, -0.2) is 13.1 Å². The zero-order valence-corrected chi connectivity index (χ0v) is 10.9. The van der Waals surface area contributed by atoms with Crippen molar-refractivity contribution in [3.8, 4) is 0 Å². The van der Waals surface area contributed by atoms with Crippen LogP contribution in [0.25, 0.3) is 10.9 Å². The number of fused-ring (bicyclic) bond motifs is 1. The number of nitrogens with one attached hydrogen (secondary N) is 1. The van der Waals surface area contributed by atoms with Crippen LogP contribution in [0.3, 0.4) is 0 Å². The van der Waals surface area contributed by atoms with E-state index in [1.807, 2.05) is 30.5 Å². The summed E-state index contributed by atoms with van der Waals surface area (Å²) in [5, 5.41) is 1.04. The first-order valence-corrected chi connectivity index (χ1v) is 7.74. The zero-order chi connectivity index (χ0) is 12.6. The fourth-order valence-electron chi connectivity index (χ4n) is 2.14. The summed E-state index contributed by atoms with van der Waals surface area (Å²) in [5.74, 6) is 0. The largest absolute Gasteiger partial charge is 0.346 e. The lowest BCUT2D eigenvalue weighted by Gasteiger charge is -2.07. The Morgan fingerprint density at radius 1 is 1.22 bits per heavy atom. The van der Waals surface area contributed by atoms with Crippen LogP contribution in [-0.4, -0.2) is 24.8 Å². The second kappa shape index (κ2) is 4.40. The molecule has 1 heterocycles. The van der Waals surface area contributed by atoms with Crippen molar-refractivity contribution >= 4 is 20.9 Å². The molecular weight excluding hydrogens is 248 g/mol. The van der Waals surface area contributed by atoms with E-state index in [4.69, 9.17) is 0 Å². The number of hydrogen-bond donors (Lipinski definition) is 1. The number of sulfonamides is 1. The first-order chi connectivity index (χ1) is 8.67. The van der Waals surface area contributed by atoms with Gasteiger partial charge in [-0.05, 0) is 30.4 Å². The molecule has 0 bridgehead atoms. The number of hydrogen-bond acceptors (Lipinski definition) is 2. The molecule has 0 amide bonds. The second-order valence-electron chi connectivity index (χ2n) is 4.71. The van der Waals surface area contributed by atoms with E-state index in [0.717, 1.165) is 18.4 Å². The summed E-state index contributed by atoms with van der Waals surface area (Å²) >= 11 is 0. The van der Waals surface area contributed by atoms with Crippen molar-refractivity contribution in [3.05, 3.63) is 36.5 Å². The van der Waals surface area contributed by atoms with Gasteiger partial charge in [-0.2, -0.15) is 0 Å². The van der Waals surface area contributed by atoms with Crippen molar-refractivity contribution in [2.45, 2.75) is 24.6 Å². The Labute approximate surface area is 107 Å². The van der Waals surface area contributed by atoms with Gasteiger partial charge in [0.2, 0.25) is 10.0 Å². The highest BCUT2D eigenvalue weighted by atomic mass is 32.2. The third-order valence-corrected chi connectivity index (χ3v) is 5.25. The molecule has 18 heavy (non-hydrogen) atoms. The van der Waals surface area contributed by atoms with Crippen LogP contribution >= 0.6 is 0 Å². The third-order valence-electron chi connectivity index (χ3n) is 3.30. The molecule has 0 atom stereocenters. The van der Waals surface area contributed by atoms with Crippen molar-refractivity contribution in [2.24, 2.45) is 0 Å². The summed E-state index contributed by atoms with van der Waals surface area (Å²) in [6.45, 7) is 1.12. The van der Waals surface area contributed by atoms with E-state index in [0.29, 0.717) is 13.1 Å². The van der Waals surface area contributed by atoms with Gasteiger partial charge >= 0.3 is 0 Å². The Kier molecular flexibility index (Phi) is 2.87. The maximum absolute atomic E-state index is 11.7. The molecule has 1 saturated carbocycles. The molecule has 3 rings (SSSR count). The van der Waals surface area contributed by atoms with E-state index >= 15 is 0 Å². The molecular formula is C13H16N2O2S. The summed E-state index contributed by atoms with van der Waals surface area (Å²) in [7, 11) is -3.06. The first kappa shape index (κ1) is 11.7. The molecule has 1 N–H and O–H groups in total. The number of rotatable bonds is 5. The average molecular weight is 264 g/mol. The van der Waals surface area contributed by atoms with Gasteiger partial charge in [0.15, 0.2) is 0 Å². The third kappa shape index (κ3) is 2.28. The molecule has 1 aromatic heterocycles. The van der Waals surface area contributed by atoms with Crippen LogP contribution in [0.4, 0.5) is 0 Å². The van der Waals surface area contributed by atoms with Gasteiger partial charge in [-0.1, -0.05) is 18.2 Å². The Balaban J connectivity index is 1.66. The van der Waals surface area contributed by atoms with Gasteiger partial charge in [-0.15, -0.1) is 0 Å². The van der Waals surface area contributed by atoms with Crippen molar-refractivity contribution in [1.82, 2.24) is 9.29 Å². The van der Waals surface area contributed by atoms with Crippen molar-refractivity contribution < 1.29 is 8.42 Å². The van der Waals surface area contributed by atoms with E-state index in [2.05, 4.69) is 15.4 Å². The molecule has 5 heteroatoms. The Hall–Kier alpha value is -1.33. The van der Waals surface area contributed by atoms with Crippen LogP contribution in [-0.2, 0) is 16.6 Å². The average Bonchev–Trinajstić information content (AvgIpc) is 3.14. The Bertz CT molecular complexity index is 656. The van der Waals surface area contributed by atoms with E-state index < -0.39 is 10.0 Å². The van der Waals surface area contributed by atoms with Crippen LogP contribution in [0.15, 0.2) is 36.5 Å². The van der Waals surface area contributed by atoms with Crippen molar-refractivity contribution in [3.63, 3.8) is 0 Å². The normalized spacial score (nSPS) is 16.2. The molecule has 96 valence electrons. The molecule has 1 fully saturated rings. The fourth-order valence-corrected chi connectivity index (χ4v) is 3.51. The van der Waals surface area contributed by atoms with Crippen LogP contribution in [0.5, 0.6) is 0 Å². The molecule has 0 unspecified atom stereocenters. The SMILES string of the molecule is O=S(=O)(NCCn1ccc2ccccc21)C1CC1. The second-order valence-corrected chi connectivity index (χ2v) is 6.75. The fraction of sp³-hybridized carbons (Fsp3) is 0.385. The minimum absolute atomic E-state index is 0.140. The number of benzene rings is 1. The summed E-state index contributed by atoms with van der Waals surface area (Å²) in [6, 6.07) is 10.1. The van der Waals surface area contributed by atoms with Crippen LogP contribution in [0.2, 0.25) is 0 Å². The molecule has 0 spiro atoms. The lowest BCUT2D eigenvalue weighted by molar-refractivity contribution is 0.573. The summed E-state index contributed by atoms with van der Waals surface area (Å²) in [5.41, 5.74) is 1.14. The Morgan fingerprint density at radius 3 is 2.78 bits per heavy atom. The highest BCUT2D eigenvalue weighted by molar-refractivity contribution is 7.90. The maximum atomic E-state index is 11.7. The highest BCUT2D eigenvalue weighted by Gasteiger charge is 2.35. The minimum atomic E-state index is -3.06. The molecule has 1 aromatic carbocycles. The monoisotopic (exact) mass is 264 g/mol. The molecule has 0 saturated heterocycles. The minimum Gasteiger partial charge on any atom is -0.346 e. The predicted molar refractivity (Wildman–Crippen MR) is 71.9 cm³/mol. The van der Waals surface area contributed by atoms with Gasteiger partial charge in [0.05, 0.1) is 5.25 Å². The van der Waals surface area contributed by atoms with Crippen molar-refractivity contribution in [1.29, 1.82) is 0 Å². The van der Waals surface area contributed by atoms with Gasteiger partial charge in [-0.3, -0.25) is 0 Å². The molecule has 2 aromatic rings. The van der Waals surface area contributed by atoms with E-state index in [-0.39, 0.29) is 5.25 Å². The van der Waals surface area contributed by atoms with E-state index in [1.54, 1.807) is 0 Å². The van der Waals surface area contributed by atoms with Gasteiger partial charge in [0, 0.05) is 24.8 Å². The quantitative estimate of drug-likeness (QED) is 0.894. The van der Waals surface area contributed by atoms with Gasteiger partial charge < -0.3 is 4.57 Å². The molecule has 1 aliphatic carbocycles. The summed E-state index contributed by atoms with van der Waals surface area (Å²) < 4.78 is 28.1. The van der Waals surface area contributed by atoms with Crippen LogP contribution in [0, 0.1) is 0 Å². The standard InChI is InChI=1S/C13H16N2O2S/c16-18(17,12-5-6-12)14-8-10-15-9-7-11-3-1-2-4-13(11)15/h1-4,7,9,12,14H,5-6,8,10H2. The van der Waals surface area contributed by atoms with Gasteiger partial charge in [0.25, 0.3) is 0 Å². The topological polar surface area (TPSA) is 51.1 Å². The zero-order valence-electron chi connectivity index (χ0n) is 10.0. The summed E-state index contributed by atoms with van der Waals surface area (Å²) in [4.78, 5) is 0. The highest BCUT2D eigenvalue weighted by Crippen LogP contribution is 2.27. The number of nitrogens with zero attached hydrogens (tertiary/aromatic N) is 1. The molecule has 0 aliphatic heterocycles. The smallest absolute Gasteiger partial charge is 0.214 e. The molecule has 4 nitrogen and oxygen atoms in total. The lowest BCUT2D eigenvalue weighted by atomic mass is 10.2. The van der Waals surface area contributed by atoms with E-state index in [9.17, 15) is 8.42 Å². The van der Waals surface area contributed by atoms with Crippen LogP contribution in [0.1, 0.15) is 12.8 Å². The number of aromatic nitrogens is 1.